The van der Waals surface area contributed by atoms with Crippen LogP contribution in [0.25, 0.3) is 0 Å². The van der Waals surface area contributed by atoms with Crippen LogP contribution in [0.5, 0.6) is 5.75 Å². The number of anilines is 1. The molecule has 0 amide bonds. The van der Waals surface area contributed by atoms with Crippen LogP contribution in [-0.4, -0.2) is 50.8 Å². The van der Waals surface area contributed by atoms with Crippen LogP contribution in [0.1, 0.15) is 26.2 Å². The standard InChI is InChI=1S/C16H26N2O4/c1-3-14(19)13-21-10-4-8-20-9-5-11-22-15-6-7-16(17-2)18-12-15/h6-7,12H,3-5,8-11,13H2,1-2H3,(H,17,18). The first-order valence-corrected chi connectivity index (χ1v) is 7.70. The maximum Gasteiger partial charge on any atom is 0.158 e. The molecule has 1 aromatic rings. The van der Waals surface area contributed by atoms with Gasteiger partial charge in [-0.15, -0.1) is 0 Å². The van der Waals surface area contributed by atoms with Gasteiger partial charge >= 0.3 is 0 Å². The number of nitrogens with zero attached hydrogens (tertiary/aromatic N) is 1. The van der Waals surface area contributed by atoms with Crippen LogP contribution >= 0.6 is 0 Å². The molecule has 124 valence electrons. The molecule has 0 bridgehead atoms. The summed E-state index contributed by atoms with van der Waals surface area (Å²) in [7, 11) is 1.83. The van der Waals surface area contributed by atoms with Gasteiger partial charge in [-0.05, 0) is 18.6 Å². The van der Waals surface area contributed by atoms with Crippen LogP contribution in [0, 0.1) is 0 Å². The van der Waals surface area contributed by atoms with Gasteiger partial charge in [-0.1, -0.05) is 6.92 Å². The van der Waals surface area contributed by atoms with E-state index in [0.717, 1.165) is 24.4 Å². The van der Waals surface area contributed by atoms with Gasteiger partial charge in [0, 0.05) is 39.7 Å². The number of nitrogens with one attached hydrogen (secondary N) is 1. The summed E-state index contributed by atoms with van der Waals surface area (Å²) in [5, 5.41) is 2.95. The normalized spacial score (nSPS) is 10.5. The fourth-order valence-electron chi connectivity index (χ4n) is 1.62. The predicted molar refractivity (Wildman–Crippen MR) is 85.4 cm³/mol. The maximum atomic E-state index is 11.0. The van der Waals surface area contributed by atoms with Crippen LogP contribution in [0.4, 0.5) is 5.82 Å². The molecule has 0 saturated heterocycles. The molecule has 0 unspecified atom stereocenters. The molecule has 1 rings (SSSR count). The zero-order valence-electron chi connectivity index (χ0n) is 13.5. The Kier molecular flexibility index (Phi) is 9.98. The smallest absolute Gasteiger partial charge is 0.158 e. The molecule has 1 N–H and O–H groups in total. The monoisotopic (exact) mass is 310 g/mol. The summed E-state index contributed by atoms with van der Waals surface area (Å²) in [5.41, 5.74) is 0. The number of hydrogen-bond acceptors (Lipinski definition) is 6. The number of rotatable bonds is 13. The summed E-state index contributed by atoms with van der Waals surface area (Å²) in [6, 6.07) is 3.75. The van der Waals surface area contributed by atoms with Crippen LogP contribution in [0.2, 0.25) is 0 Å². The van der Waals surface area contributed by atoms with E-state index in [0.29, 0.717) is 32.8 Å². The number of ether oxygens (including phenoxy) is 3. The van der Waals surface area contributed by atoms with E-state index in [4.69, 9.17) is 14.2 Å². The molecular weight excluding hydrogens is 284 g/mol. The predicted octanol–water partition coefficient (Wildman–Crippen LogP) is 2.29. The lowest BCUT2D eigenvalue weighted by Crippen LogP contribution is -2.10. The average molecular weight is 310 g/mol. The minimum atomic E-state index is 0.135. The van der Waals surface area contributed by atoms with E-state index in [1.54, 1.807) is 6.20 Å². The first-order chi connectivity index (χ1) is 10.8. The van der Waals surface area contributed by atoms with Crippen LogP contribution in [0.3, 0.4) is 0 Å². The van der Waals surface area contributed by atoms with Crippen LogP contribution < -0.4 is 10.1 Å². The largest absolute Gasteiger partial charge is 0.492 e. The van der Waals surface area contributed by atoms with Crippen LogP contribution in [-0.2, 0) is 14.3 Å². The quantitative estimate of drug-likeness (QED) is 0.564. The summed E-state index contributed by atoms with van der Waals surface area (Å²) in [5.74, 6) is 1.71. The number of aromatic nitrogens is 1. The fourth-order valence-corrected chi connectivity index (χ4v) is 1.62. The van der Waals surface area contributed by atoms with Crippen molar-refractivity contribution in [1.29, 1.82) is 0 Å². The van der Waals surface area contributed by atoms with Crippen molar-refractivity contribution in [3.05, 3.63) is 18.3 Å². The van der Waals surface area contributed by atoms with E-state index in [2.05, 4.69) is 10.3 Å². The van der Waals surface area contributed by atoms with E-state index in [-0.39, 0.29) is 12.4 Å². The Morgan fingerprint density at radius 1 is 1.14 bits per heavy atom. The first-order valence-electron chi connectivity index (χ1n) is 7.70. The molecule has 0 spiro atoms. The van der Waals surface area contributed by atoms with Crippen molar-refractivity contribution in [2.45, 2.75) is 26.2 Å². The fraction of sp³-hybridized carbons (Fsp3) is 0.625. The minimum Gasteiger partial charge on any atom is -0.492 e. The molecule has 0 fully saturated rings. The van der Waals surface area contributed by atoms with E-state index >= 15 is 0 Å². The average Bonchev–Trinajstić information content (AvgIpc) is 2.56. The van der Waals surface area contributed by atoms with Crippen molar-refractivity contribution < 1.29 is 19.0 Å². The second-order valence-corrected chi connectivity index (χ2v) is 4.74. The summed E-state index contributed by atoms with van der Waals surface area (Å²) < 4.78 is 16.3. The van der Waals surface area contributed by atoms with Crippen LogP contribution in [0.15, 0.2) is 18.3 Å². The maximum absolute atomic E-state index is 11.0. The Hall–Kier alpha value is -1.66. The number of hydrogen-bond donors (Lipinski definition) is 1. The van der Waals surface area contributed by atoms with Crippen molar-refractivity contribution >= 4 is 11.6 Å². The van der Waals surface area contributed by atoms with Gasteiger partial charge in [0.05, 0.1) is 12.8 Å². The second-order valence-electron chi connectivity index (χ2n) is 4.74. The molecular formula is C16H26N2O4. The second kappa shape index (κ2) is 11.9. The molecule has 22 heavy (non-hydrogen) atoms. The highest BCUT2D eigenvalue weighted by Gasteiger charge is 1.98. The third-order valence-corrected chi connectivity index (χ3v) is 2.93. The topological polar surface area (TPSA) is 69.7 Å². The Balaban J connectivity index is 1.90. The van der Waals surface area contributed by atoms with Crippen molar-refractivity contribution in [1.82, 2.24) is 4.98 Å². The molecule has 0 aliphatic rings. The third-order valence-electron chi connectivity index (χ3n) is 2.93. The summed E-state index contributed by atoms with van der Waals surface area (Å²) in [6.07, 6.45) is 3.85. The van der Waals surface area contributed by atoms with Crippen molar-refractivity contribution in [3.8, 4) is 5.75 Å². The molecule has 1 aromatic heterocycles. The molecule has 6 heteroatoms. The zero-order valence-corrected chi connectivity index (χ0v) is 13.5. The third kappa shape index (κ3) is 8.59. The highest BCUT2D eigenvalue weighted by molar-refractivity contribution is 5.79. The number of carbonyl (C=O) groups excluding carboxylic acids is 1. The lowest BCUT2D eigenvalue weighted by Gasteiger charge is -2.07. The number of Topliss-reactive ketones (excluding diaryl/α,β-unsaturated/α-hetero) is 1. The molecule has 1 heterocycles. The molecule has 0 atom stereocenters. The molecule has 6 nitrogen and oxygen atoms in total. The highest BCUT2D eigenvalue weighted by atomic mass is 16.5. The molecule has 0 aliphatic carbocycles. The van der Waals surface area contributed by atoms with Crippen molar-refractivity contribution in [3.63, 3.8) is 0 Å². The van der Waals surface area contributed by atoms with E-state index < -0.39 is 0 Å². The van der Waals surface area contributed by atoms with Gasteiger partial charge in [-0.2, -0.15) is 0 Å². The molecule has 0 saturated carbocycles. The van der Waals surface area contributed by atoms with Gasteiger partial charge in [-0.25, -0.2) is 4.98 Å². The van der Waals surface area contributed by atoms with Crippen molar-refractivity contribution in [2.75, 3.05) is 45.4 Å². The number of ketones is 1. The highest BCUT2D eigenvalue weighted by Crippen LogP contribution is 2.11. The Morgan fingerprint density at radius 2 is 1.86 bits per heavy atom. The van der Waals surface area contributed by atoms with Gasteiger partial charge < -0.3 is 19.5 Å². The summed E-state index contributed by atoms with van der Waals surface area (Å²) >= 11 is 0. The van der Waals surface area contributed by atoms with Gasteiger partial charge in [0.15, 0.2) is 5.78 Å². The van der Waals surface area contributed by atoms with E-state index in [9.17, 15) is 4.79 Å². The Bertz CT molecular complexity index is 409. The minimum absolute atomic E-state index is 0.135. The SMILES string of the molecule is CCC(=O)COCCCOCCCOc1ccc(NC)nc1. The molecule has 0 radical (unpaired) electrons. The van der Waals surface area contributed by atoms with Gasteiger partial charge in [-0.3, -0.25) is 4.79 Å². The summed E-state index contributed by atoms with van der Waals surface area (Å²) in [6.45, 7) is 4.50. The number of carbonyl (C=O) groups is 1. The lowest BCUT2D eigenvalue weighted by atomic mass is 10.3. The Morgan fingerprint density at radius 3 is 2.50 bits per heavy atom. The van der Waals surface area contributed by atoms with E-state index in [1.807, 2.05) is 26.1 Å². The van der Waals surface area contributed by atoms with E-state index in [1.165, 1.54) is 0 Å². The molecule has 0 aromatic carbocycles. The lowest BCUT2D eigenvalue weighted by molar-refractivity contribution is -0.123. The van der Waals surface area contributed by atoms with Crippen molar-refractivity contribution in [2.24, 2.45) is 0 Å². The Labute approximate surface area is 132 Å². The summed E-state index contributed by atoms with van der Waals surface area (Å²) in [4.78, 5) is 15.2. The van der Waals surface area contributed by atoms with Gasteiger partial charge in [0.1, 0.15) is 18.2 Å². The number of pyridine rings is 1. The van der Waals surface area contributed by atoms with Gasteiger partial charge in [0.2, 0.25) is 0 Å². The zero-order chi connectivity index (χ0) is 16.0. The first kappa shape index (κ1) is 18.4. The van der Waals surface area contributed by atoms with Gasteiger partial charge in [0.25, 0.3) is 0 Å². The molecule has 0 aliphatic heterocycles.